The van der Waals surface area contributed by atoms with Crippen LogP contribution in [0, 0.1) is 0 Å². The normalized spacial score (nSPS) is 12.7. The molecule has 1 atom stereocenters. The fourth-order valence-corrected chi connectivity index (χ4v) is 1.47. The van der Waals surface area contributed by atoms with E-state index >= 15 is 0 Å². The Hall–Kier alpha value is -0.530. The van der Waals surface area contributed by atoms with Crippen molar-refractivity contribution >= 4 is 11.6 Å². The third kappa shape index (κ3) is 4.12. The molecule has 78 valence electrons. The first-order chi connectivity index (χ1) is 6.84. The van der Waals surface area contributed by atoms with E-state index in [1.165, 1.54) is 12.8 Å². The topological polar surface area (TPSA) is 9.23 Å². The maximum atomic E-state index is 6.06. The van der Waals surface area contributed by atoms with Crippen molar-refractivity contribution in [2.75, 3.05) is 6.61 Å². The number of rotatable bonds is 6. The minimum Gasteiger partial charge on any atom is -0.358 e. The zero-order valence-electron chi connectivity index (χ0n) is 8.58. The van der Waals surface area contributed by atoms with Crippen LogP contribution in [0.15, 0.2) is 30.3 Å². The first-order valence-corrected chi connectivity index (χ1v) is 5.59. The van der Waals surface area contributed by atoms with Crippen LogP contribution in [0.3, 0.4) is 0 Å². The van der Waals surface area contributed by atoms with Gasteiger partial charge in [0.15, 0.2) is 5.56 Å². The van der Waals surface area contributed by atoms with Crippen LogP contribution in [0.1, 0.15) is 37.3 Å². The van der Waals surface area contributed by atoms with E-state index in [4.69, 9.17) is 16.3 Å². The average molecular weight is 213 g/mol. The summed E-state index contributed by atoms with van der Waals surface area (Å²) in [4.78, 5) is 0. The molecule has 0 radical (unpaired) electrons. The largest absolute Gasteiger partial charge is 0.358 e. The Labute approximate surface area is 91.0 Å². The molecule has 0 N–H and O–H groups in total. The fraction of sp³-hybridized carbons (Fsp3) is 0.500. The molecule has 0 saturated heterocycles. The highest BCUT2D eigenvalue weighted by molar-refractivity contribution is 6.19. The number of hydrogen-bond acceptors (Lipinski definition) is 1. The van der Waals surface area contributed by atoms with Gasteiger partial charge in [-0.15, -0.1) is 0 Å². The van der Waals surface area contributed by atoms with E-state index in [0.717, 1.165) is 18.6 Å². The molecule has 0 spiro atoms. The Bertz CT molecular complexity index is 235. The van der Waals surface area contributed by atoms with Crippen LogP contribution < -0.4 is 0 Å². The number of hydrogen-bond donors (Lipinski definition) is 0. The molecule has 0 saturated carbocycles. The van der Waals surface area contributed by atoms with Crippen molar-refractivity contribution < 1.29 is 4.74 Å². The molecule has 0 aliphatic carbocycles. The molecule has 1 unspecified atom stereocenters. The third-order valence-electron chi connectivity index (χ3n) is 2.07. The van der Waals surface area contributed by atoms with Crippen molar-refractivity contribution in [3.8, 4) is 0 Å². The Morgan fingerprint density at radius 2 is 1.93 bits per heavy atom. The molecule has 0 fully saturated rings. The molecule has 14 heavy (non-hydrogen) atoms. The Balaban J connectivity index is 2.25. The summed E-state index contributed by atoms with van der Waals surface area (Å²) in [5.74, 6) is 0. The van der Waals surface area contributed by atoms with E-state index in [2.05, 4.69) is 6.92 Å². The molecular weight excluding hydrogens is 196 g/mol. The molecule has 0 aromatic heterocycles. The first-order valence-electron chi connectivity index (χ1n) is 5.15. The lowest BCUT2D eigenvalue weighted by atomic mass is 10.2. The van der Waals surface area contributed by atoms with Crippen LogP contribution >= 0.6 is 11.6 Å². The monoisotopic (exact) mass is 212 g/mol. The summed E-state index contributed by atoms with van der Waals surface area (Å²) in [7, 11) is 0. The maximum absolute atomic E-state index is 6.06. The number of alkyl halides is 1. The zero-order chi connectivity index (χ0) is 10.2. The maximum Gasteiger partial charge on any atom is 0.156 e. The molecule has 0 amide bonds. The summed E-state index contributed by atoms with van der Waals surface area (Å²) < 4.78 is 5.50. The lowest BCUT2D eigenvalue weighted by molar-refractivity contribution is 0.104. The summed E-state index contributed by atoms with van der Waals surface area (Å²) >= 11 is 6.06. The molecule has 0 bridgehead atoms. The Kier molecular flexibility index (Phi) is 5.65. The van der Waals surface area contributed by atoms with Crippen LogP contribution in [-0.4, -0.2) is 6.61 Å². The van der Waals surface area contributed by atoms with Gasteiger partial charge in [0.25, 0.3) is 0 Å². The average Bonchev–Trinajstić information content (AvgIpc) is 2.25. The standard InChI is InChI=1S/C12H17ClO/c1-2-3-7-10-14-12(13)11-8-5-4-6-9-11/h4-6,8-9,12H,2-3,7,10H2,1H3. The number of benzene rings is 1. The molecule has 1 rings (SSSR count). The van der Waals surface area contributed by atoms with Gasteiger partial charge in [-0.1, -0.05) is 61.7 Å². The highest BCUT2D eigenvalue weighted by atomic mass is 35.5. The second-order valence-electron chi connectivity index (χ2n) is 3.30. The van der Waals surface area contributed by atoms with E-state index in [1.54, 1.807) is 0 Å². The molecule has 0 heterocycles. The second kappa shape index (κ2) is 6.86. The summed E-state index contributed by atoms with van der Waals surface area (Å²) in [6.45, 7) is 2.92. The quantitative estimate of drug-likeness (QED) is 0.509. The molecule has 1 nitrogen and oxygen atoms in total. The van der Waals surface area contributed by atoms with E-state index in [0.29, 0.717) is 0 Å². The molecule has 1 aromatic carbocycles. The van der Waals surface area contributed by atoms with Crippen molar-refractivity contribution in [3.63, 3.8) is 0 Å². The van der Waals surface area contributed by atoms with Crippen molar-refractivity contribution in [2.24, 2.45) is 0 Å². The van der Waals surface area contributed by atoms with Crippen LogP contribution in [-0.2, 0) is 4.74 Å². The lowest BCUT2D eigenvalue weighted by Crippen LogP contribution is -1.99. The highest BCUT2D eigenvalue weighted by Gasteiger charge is 2.05. The van der Waals surface area contributed by atoms with Gasteiger partial charge in [-0.3, -0.25) is 0 Å². The van der Waals surface area contributed by atoms with Gasteiger partial charge in [0.2, 0.25) is 0 Å². The van der Waals surface area contributed by atoms with E-state index in [1.807, 2.05) is 30.3 Å². The van der Waals surface area contributed by atoms with Gasteiger partial charge < -0.3 is 4.74 Å². The van der Waals surface area contributed by atoms with Gasteiger partial charge in [-0.2, -0.15) is 0 Å². The van der Waals surface area contributed by atoms with Crippen molar-refractivity contribution in [1.29, 1.82) is 0 Å². The highest BCUT2D eigenvalue weighted by Crippen LogP contribution is 2.21. The van der Waals surface area contributed by atoms with Gasteiger partial charge >= 0.3 is 0 Å². The van der Waals surface area contributed by atoms with Gasteiger partial charge in [0.05, 0.1) is 0 Å². The predicted molar refractivity (Wildman–Crippen MR) is 60.5 cm³/mol. The Morgan fingerprint density at radius 3 is 2.57 bits per heavy atom. The summed E-state index contributed by atoms with van der Waals surface area (Å²) in [5, 5.41) is 0. The van der Waals surface area contributed by atoms with Gasteiger partial charge in [-0.25, -0.2) is 0 Å². The van der Waals surface area contributed by atoms with E-state index in [9.17, 15) is 0 Å². The van der Waals surface area contributed by atoms with Crippen molar-refractivity contribution in [2.45, 2.75) is 31.7 Å². The van der Waals surface area contributed by atoms with Crippen molar-refractivity contribution in [3.05, 3.63) is 35.9 Å². The van der Waals surface area contributed by atoms with Crippen LogP contribution in [0.4, 0.5) is 0 Å². The molecule has 0 aliphatic rings. The van der Waals surface area contributed by atoms with Crippen LogP contribution in [0.5, 0.6) is 0 Å². The van der Waals surface area contributed by atoms with Crippen LogP contribution in [0.25, 0.3) is 0 Å². The Morgan fingerprint density at radius 1 is 1.21 bits per heavy atom. The summed E-state index contributed by atoms with van der Waals surface area (Å²) in [6, 6.07) is 9.89. The summed E-state index contributed by atoms with van der Waals surface area (Å²) in [5.41, 5.74) is 0.735. The van der Waals surface area contributed by atoms with Crippen LogP contribution in [0.2, 0.25) is 0 Å². The molecule has 1 aromatic rings. The van der Waals surface area contributed by atoms with Gasteiger partial charge in [-0.05, 0) is 12.0 Å². The predicted octanol–water partition coefficient (Wildman–Crippen LogP) is 4.13. The second-order valence-corrected chi connectivity index (χ2v) is 3.70. The van der Waals surface area contributed by atoms with Gasteiger partial charge in [0.1, 0.15) is 0 Å². The SMILES string of the molecule is CCCCCOC(Cl)c1ccccc1. The first kappa shape index (κ1) is 11.5. The van der Waals surface area contributed by atoms with E-state index < -0.39 is 0 Å². The number of halogens is 1. The molecule has 2 heteroatoms. The molecular formula is C12H17ClO. The van der Waals surface area contributed by atoms with Crippen molar-refractivity contribution in [1.82, 2.24) is 0 Å². The number of ether oxygens (including phenoxy) is 1. The fourth-order valence-electron chi connectivity index (χ4n) is 1.24. The van der Waals surface area contributed by atoms with Gasteiger partial charge in [0, 0.05) is 6.61 Å². The van der Waals surface area contributed by atoms with E-state index in [-0.39, 0.29) is 5.56 Å². The minimum absolute atomic E-state index is 0.298. The molecule has 0 aliphatic heterocycles. The third-order valence-corrected chi connectivity index (χ3v) is 2.45. The minimum atomic E-state index is -0.298. The summed E-state index contributed by atoms with van der Waals surface area (Å²) in [6.07, 6.45) is 3.51. The zero-order valence-corrected chi connectivity index (χ0v) is 9.33. The number of unbranched alkanes of at least 4 members (excludes halogenated alkanes) is 2. The lowest BCUT2D eigenvalue weighted by Gasteiger charge is -2.10. The smallest absolute Gasteiger partial charge is 0.156 e.